The van der Waals surface area contributed by atoms with Crippen LogP contribution in [0.2, 0.25) is 0 Å². The van der Waals surface area contributed by atoms with Gasteiger partial charge in [-0.3, -0.25) is 0 Å². The Bertz CT molecular complexity index is 384. The molecule has 0 atom stereocenters. The van der Waals surface area contributed by atoms with E-state index in [9.17, 15) is 0 Å². The molecule has 17 heavy (non-hydrogen) atoms. The van der Waals surface area contributed by atoms with Crippen molar-refractivity contribution in [3.05, 3.63) is 11.6 Å². The number of rotatable bonds is 4. The molecule has 3 rings (SSSR count). The second-order valence-electron chi connectivity index (χ2n) is 5.05. The summed E-state index contributed by atoms with van der Waals surface area (Å²) in [5.74, 6) is 2.26. The van der Waals surface area contributed by atoms with E-state index in [0.717, 1.165) is 44.0 Å². The smallest absolute Gasteiger partial charge is 0.147 e. The normalized spacial score (nSPS) is 27.6. The Morgan fingerprint density at radius 1 is 1.35 bits per heavy atom. The SMILES string of the molecule is COC1CC(NCc2nnc3n2CCCC3)C1. The number of aromatic nitrogens is 3. The zero-order chi connectivity index (χ0) is 11.7. The Labute approximate surface area is 102 Å². The predicted octanol–water partition coefficient (Wildman–Crippen LogP) is 0.881. The number of nitrogens with zero attached hydrogens (tertiary/aromatic N) is 3. The zero-order valence-corrected chi connectivity index (χ0v) is 10.4. The van der Waals surface area contributed by atoms with Gasteiger partial charge in [0.1, 0.15) is 11.6 Å². The molecular formula is C12H20N4O. The van der Waals surface area contributed by atoms with Crippen molar-refractivity contribution in [1.29, 1.82) is 0 Å². The van der Waals surface area contributed by atoms with Crippen molar-refractivity contribution in [1.82, 2.24) is 20.1 Å². The minimum Gasteiger partial charge on any atom is -0.381 e. The highest BCUT2D eigenvalue weighted by Gasteiger charge is 2.28. The average Bonchev–Trinajstić information content (AvgIpc) is 2.71. The minimum atomic E-state index is 0.458. The van der Waals surface area contributed by atoms with Crippen LogP contribution in [0.15, 0.2) is 0 Å². The molecule has 0 aromatic carbocycles. The predicted molar refractivity (Wildman–Crippen MR) is 63.6 cm³/mol. The molecule has 0 saturated heterocycles. The highest BCUT2D eigenvalue weighted by Crippen LogP contribution is 2.23. The Morgan fingerprint density at radius 3 is 3.06 bits per heavy atom. The molecule has 1 saturated carbocycles. The molecule has 1 aliphatic heterocycles. The van der Waals surface area contributed by atoms with Gasteiger partial charge in [0.25, 0.3) is 0 Å². The van der Waals surface area contributed by atoms with Gasteiger partial charge in [-0.15, -0.1) is 10.2 Å². The maximum Gasteiger partial charge on any atom is 0.147 e. The summed E-state index contributed by atoms with van der Waals surface area (Å²) in [6, 6.07) is 0.594. The van der Waals surface area contributed by atoms with Crippen LogP contribution in [-0.2, 0) is 24.2 Å². The lowest BCUT2D eigenvalue weighted by molar-refractivity contribution is 0.0167. The molecule has 2 aliphatic rings. The van der Waals surface area contributed by atoms with Crippen LogP contribution < -0.4 is 5.32 Å². The molecule has 0 radical (unpaired) electrons. The third-order valence-electron chi connectivity index (χ3n) is 3.91. The summed E-state index contributed by atoms with van der Waals surface area (Å²) in [6.45, 7) is 1.93. The van der Waals surface area contributed by atoms with Crippen LogP contribution in [0.4, 0.5) is 0 Å². The summed E-state index contributed by atoms with van der Waals surface area (Å²) >= 11 is 0. The third kappa shape index (κ3) is 2.21. The monoisotopic (exact) mass is 236 g/mol. The first-order valence-electron chi connectivity index (χ1n) is 6.54. The topological polar surface area (TPSA) is 52.0 Å². The van der Waals surface area contributed by atoms with Crippen LogP contribution >= 0.6 is 0 Å². The molecule has 94 valence electrons. The summed E-state index contributed by atoms with van der Waals surface area (Å²) < 4.78 is 7.55. The number of methoxy groups -OCH3 is 1. The molecule has 0 spiro atoms. The molecule has 1 aromatic rings. The molecule has 1 aliphatic carbocycles. The second kappa shape index (κ2) is 4.74. The van der Waals surface area contributed by atoms with E-state index in [0.29, 0.717) is 12.1 Å². The van der Waals surface area contributed by atoms with E-state index < -0.39 is 0 Å². The van der Waals surface area contributed by atoms with Crippen LogP contribution in [0.1, 0.15) is 37.3 Å². The minimum absolute atomic E-state index is 0.458. The van der Waals surface area contributed by atoms with E-state index in [1.165, 1.54) is 12.8 Å². The summed E-state index contributed by atoms with van der Waals surface area (Å²) in [4.78, 5) is 0. The fourth-order valence-electron chi connectivity index (χ4n) is 2.66. The average molecular weight is 236 g/mol. The van der Waals surface area contributed by atoms with E-state index in [-0.39, 0.29) is 0 Å². The molecule has 1 fully saturated rings. The number of fused-ring (bicyclic) bond motifs is 1. The van der Waals surface area contributed by atoms with Crippen LogP contribution in [0.25, 0.3) is 0 Å². The van der Waals surface area contributed by atoms with Gasteiger partial charge in [0.2, 0.25) is 0 Å². The molecule has 0 unspecified atom stereocenters. The first-order chi connectivity index (χ1) is 8.36. The van der Waals surface area contributed by atoms with Crippen LogP contribution in [-0.4, -0.2) is 34.0 Å². The van der Waals surface area contributed by atoms with E-state index in [1.807, 2.05) is 0 Å². The fraction of sp³-hybridized carbons (Fsp3) is 0.833. The van der Waals surface area contributed by atoms with Crippen molar-refractivity contribution in [2.75, 3.05) is 7.11 Å². The van der Waals surface area contributed by atoms with Gasteiger partial charge >= 0.3 is 0 Å². The van der Waals surface area contributed by atoms with Gasteiger partial charge in [-0.05, 0) is 25.7 Å². The van der Waals surface area contributed by atoms with Crippen molar-refractivity contribution >= 4 is 0 Å². The van der Waals surface area contributed by atoms with Crippen LogP contribution in [0.5, 0.6) is 0 Å². The van der Waals surface area contributed by atoms with E-state index in [1.54, 1.807) is 7.11 Å². The molecule has 0 amide bonds. The van der Waals surface area contributed by atoms with Gasteiger partial charge in [-0.25, -0.2) is 0 Å². The molecule has 1 N–H and O–H groups in total. The largest absolute Gasteiger partial charge is 0.381 e. The number of aryl methyl sites for hydroxylation is 1. The highest BCUT2D eigenvalue weighted by molar-refractivity contribution is 4.99. The van der Waals surface area contributed by atoms with Gasteiger partial charge in [-0.1, -0.05) is 0 Å². The van der Waals surface area contributed by atoms with Crippen molar-refractivity contribution < 1.29 is 4.74 Å². The van der Waals surface area contributed by atoms with Gasteiger partial charge in [-0.2, -0.15) is 0 Å². The summed E-state index contributed by atoms with van der Waals surface area (Å²) in [7, 11) is 1.79. The molecule has 2 heterocycles. The quantitative estimate of drug-likeness (QED) is 0.843. The molecule has 0 bridgehead atoms. The Morgan fingerprint density at radius 2 is 2.24 bits per heavy atom. The van der Waals surface area contributed by atoms with E-state index in [2.05, 4.69) is 20.1 Å². The number of nitrogens with one attached hydrogen (secondary N) is 1. The summed E-state index contributed by atoms with van der Waals surface area (Å²) in [6.07, 6.45) is 6.30. The van der Waals surface area contributed by atoms with E-state index in [4.69, 9.17) is 4.74 Å². The summed E-state index contributed by atoms with van der Waals surface area (Å²) in [5, 5.41) is 12.1. The Kier molecular flexibility index (Phi) is 3.11. The number of ether oxygens (including phenoxy) is 1. The van der Waals surface area contributed by atoms with Crippen molar-refractivity contribution in [2.45, 2.75) is 57.3 Å². The lowest BCUT2D eigenvalue weighted by Crippen LogP contribution is -2.45. The number of hydrogen-bond acceptors (Lipinski definition) is 4. The van der Waals surface area contributed by atoms with Crippen LogP contribution in [0.3, 0.4) is 0 Å². The zero-order valence-electron chi connectivity index (χ0n) is 10.4. The van der Waals surface area contributed by atoms with Crippen molar-refractivity contribution in [3.8, 4) is 0 Å². The van der Waals surface area contributed by atoms with Gasteiger partial charge < -0.3 is 14.6 Å². The molecule has 1 aromatic heterocycles. The van der Waals surface area contributed by atoms with Gasteiger partial charge in [0.05, 0.1) is 12.6 Å². The maximum atomic E-state index is 5.27. The van der Waals surface area contributed by atoms with Crippen LogP contribution in [0, 0.1) is 0 Å². The first kappa shape index (κ1) is 11.2. The van der Waals surface area contributed by atoms with Gasteiger partial charge in [0.15, 0.2) is 0 Å². The van der Waals surface area contributed by atoms with Crippen molar-refractivity contribution in [2.24, 2.45) is 0 Å². The fourth-order valence-corrected chi connectivity index (χ4v) is 2.66. The third-order valence-corrected chi connectivity index (χ3v) is 3.91. The first-order valence-corrected chi connectivity index (χ1v) is 6.54. The standard InChI is InChI=1S/C12H20N4O/c1-17-10-6-9(7-10)13-8-12-15-14-11-4-2-3-5-16(11)12/h9-10,13H,2-8H2,1H3. The van der Waals surface area contributed by atoms with Gasteiger partial charge in [0, 0.05) is 26.1 Å². The molecule has 5 nitrogen and oxygen atoms in total. The summed E-state index contributed by atoms with van der Waals surface area (Å²) in [5.41, 5.74) is 0. The van der Waals surface area contributed by atoms with Crippen molar-refractivity contribution in [3.63, 3.8) is 0 Å². The van der Waals surface area contributed by atoms with E-state index >= 15 is 0 Å². The second-order valence-corrected chi connectivity index (χ2v) is 5.05. The Hall–Kier alpha value is -0.940. The number of hydrogen-bond donors (Lipinski definition) is 1. The Balaban J connectivity index is 1.53. The lowest BCUT2D eigenvalue weighted by atomic mass is 9.89. The maximum absolute atomic E-state index is 5.27. The highest BCUT2D eigenvalue weighted by atomic mass is 16.5. The molecule has 5 heteroatoms. The molecular weight excluding hydrogens is 216 g/mol. The lowest BCUT2D eigenvalue weighted by Gasteiger charge is -2.34.